The van der Waals surface area contributed by atoms with Crippen molar-refractivity contribution in [1.82, 2.24) is 0 Å². The SMILES string of the molecule is CC=C1C(O)CCC(=C2CCCC3(C)CCCC23)C1O. The van der Waals surface area contributed by atoms with Crippen LogP contribution in [-0.2, 0) is 0 Å². The topological polar surface area (TPSA) is 40.5 Å². The van der Waals surface area contributed by atoms with Gasteiger partial charge in [-0.05, 0) is 74.3 Å². The van der Waals surface area contributed by atoms with Gasteiger partial charge in [0.25, 0.3) is 0 Å². The zero-order valence-electron chi connectivity index (χ0n) is 12.9. The molecule has 0 spiro atoms. The molecule has 2 nitrogen and oxygen atoms in total. The minimum absolute atomic E-state index is 0.446. The van der Waals surface area contributed by atoms with Gasteiger partial charge >= 0.3 is 0 Å². The summed E-state index contributed by atoms with van der Waals surface area (Å²) in [4.78, 5) is 0. The Morgan fingerprint density at radius 1 is 1.05 bits per heavy atom. The van der Waals surface area contributed by atoms with E-state index >= 15 is 0 Å². The third kappa shape index (κ3) is 2.17. The largest absolute Gasteiger partial charge is 0.389 e. The Hall–Kier alpha value is -0.600. The van der Waals surface area contributed by atoms with E-state index in [1.165, 1.54) is 44.1 Å². The quantitative estimate of drug-likeness (QED) is 0.662. The van der Waals surface area contributed by atoms with Crippen molar-refractivity contribution in [2.24, 2.45) is 11.3 Å². The van der Waals surface area contributed by atoms with Gasteiger partial charge in [-0.3, -0.25) is 0 Å². The molecule has 0 aliphatic heterocycles. The van der Waals surface area contributed by atoms with Gasteiger partial charge in [0.1, 0.15) is 0 Å². The van der Waals surface area contributed by atoms with Crippen LogP contribution < -0.4 is 0 Å². The van der Waals surface area contributed by atoms with Crippen molar-refractivity contribution >= 4 is 0 Å². The predicted molar refractivity (Wildman–Crippen MR) is 81.3 cm³/mol. The van der Waals surface area contributed by atoms with Crippen molar-refractivity contribution in [2.45, 2.75) is 77.4 Å². The van der Waals surface area contributed by atoms with Crippen LogP contribution in [-0.4, -0.2) is 22.4 Å². The van der Waals surface area contributed by atoms with Crippen LogP contribution in [0.5, 0.6) is 0 Å². The van der Waals surface area contributed by atoms with Crippen LogP contribution in [0.15, 0.2) is 22.8 Å². The van der Waals surface area contributed by atoms with E-state index in [2.05, 4.69) is 6.92 Å². The van der Waals surface area contributed by atoms with Crippen LogP contribution >= 0.6 is 0 Å². The second kappa shape index (κ2) is 5.31. The fourth-order valence-electron chi connectivity index (χ4n) is 5.03. The van der Waals surface area contributed by atoms with E-state index in [4.69, 9.17) is 0 Å². The molecule has 0 aromatic rings. The predicted octanol–water partition coefficient (Wildman–Crippen LogP) is 3.74. The lowest BCUT2D eigenvalue weighted by atomic mass is 9.64. The molecule has 0 aromatic heterocycles. The minimum Gasteiger partial charge on any atom is -0.389 e. The first-order valence-electron chi connectivity index (χ1n) is 8.31. The summed E-state index contributed by atoms with van der Waals surface area (Å²) in [5.41, 5.74) is 4.10. The van der Waals surface area contributed by atoms with Gasteiger partial charge in [-0.25, -0.2) is 0 Å². The lowest BCUT2D eigenvalue weighted by Crippen LogP contribution is -2.34. The van der Waals surface area contributed by atoms with Gasteiger partial charge < -0.3 is 10.2 Å². The number of aliphatic hydroxyl groups is 2. The Morgan fingerprint density at radius 3 is 2.55 bits per heavy atom. The highest BCUT2D eigenvalue weighted by Gasteiger charge is 2.44. The molecule has 0 bridgehead atoms. The summed E-state index contributed by atoms with van der Waals surface area (Å²) in [6.45, 7) is 4.38. The third-order valence-electron chi connectivity index (χ3n) is 6.16. The summed E-state index contributed by atoms with van der Waals surface area (Å²) < 4.78 is 0. The Balaban J connectivity index is 1.96. The monoisotopic (exact) mass is 276 g/mol. The van der Waals surface area contributed by atoms with Crippen molar-refractivity contribution < 1.29 is 10.2 Å². The molecule has 0 aromatic carbocycles. The van der Waals surface area contributed by atoms with Crippen molar-refractivity contribution in [3.05, 3.63) is 22.8 Å². The molecule has 2 N–H and O–H groups in total. The Morgan fingerprint density at radius 2 is 1.80 bits per heavy atom. The van der Waals surface area contributed by atoms with Gasteiger partial charge in [0.15, 0.2) is 0 Å². The minimum atomic E-state index is -0.526. The summed E-state index contributed by atoms with van der Waals surface area (Å²) in [6, 6.07) is 0. The lowest BCUT2D eigenvalue weighted by molar-refractivity contribution is 0.125. The van der Waals surface area contributed by atoms with E-state index in [1.807, 2.05) is 13.0 Å². The summed E-state index contributed by atoms with van der Waals surface area (Å²) >= 11 is 0. The number of allylic oxidation sites excluding steroid dienone is 2. The number of hydrogen-bond acceptors (Lipinski definition) is 2. The Kier molecular flexibility index (Phi) is 3.81. The van der Waals surface area contributed by atoms with Crippen LogP contribution in [0.25, 0.3) is 0 Å². The standard InChI is InChI=1S/C18H28O2/c1-3-12-16(19)9-8-14(17(12)20)13-6-4-10-18(2)11-5-7-15(13)18/h3,15-17,19-20H,4-11H2,1-2H3. The molecule has 3 rings (SSSR count). The molecule has 2 heteroatoms. The average molecular weight is 276 g/mol. The van der Waals surface area contributed by atoms with E-state index in [9.17, 15) is 10.2 Å². The number of aliphatic hydroxyl groups excluding tert-OH is 2. The van der Waals surface area contributed by atoms with Gasteiger partial charge in [-0.2, -0.15) is 0 Å². The van der Waals surface area contributed by atoms with Gasteiger partial charge in [0.2, 0.25) is 0 Å². The molecule has 3 aliphatic rings. The zero-order chi connectivity index (χ0) is 14.3. The molecule has 0 radical (unpaired) electrons. The van der Waals surface area contributed by atoms with Gasteiger partial charge in [-0.1, -0.05) is 25.0 Å². The van der Waals surface area contributed by atoms with Crippen LogP contribution in [0.1, 0.15) is 65.2 Å². The average Bonchev–Trinajstić information content (AvgIpc) is 2.81. The molecular weight excluding hydrogens is 248 g/mol. The highest BCUT2D eigenvalue weighted by Crippen LogP contribution is 2.55. The normalized spacial score (nSPS) is 47.6. The van der Waals surface area contributed by atoms with Gasteiger partial charge in [0, 0.05) is 0 Å². The number of hydrogen-bond donors (Lipinski definition) is 2. The van der Waals surface area contributed by atoms with E-state index in [0.29, 0.717) is 11.3 Å². The lowest BCUT2D eigenvalue weighted by Gasteiger charge is -2.41. The maximum Gasteiger partial charge on any atom is 0.0988 e. The van der Waals surface area contributed by atoms with E-state index in [-0.39, 0.29) is 0 Å². The molecule has 4 atom stereocenters. The second-order valence-corrected chi connectivity index (χ2v) is 7.25. The molecular formula is C18H28O2. The summed E-state index contributed by atoms with van der Waals surface area (Å²) in [5, 5.41) is 20.7. The maximum absolute atomic E-state index is 10.7. The van der Waals surface area contributed by atoms with Crippen LogP contribution in [0, 0.1) is 11.3 Å². The number of fused-ring (bicyclic) bond motifs is 1. The molecule has 3 aliphatic carbocycles. The van der Waals surface area contributed by atoms with E-state index in [0.717, 1.165) is 18.4 Å². The first kappa shape index (κ1) is 14.3. The van der Waals surface area contributed by atoms with Gasteiger partial charge in [0.05, 0.1) is 12.2 Å². The molecule has 112 valence electrons. The fourth-order valence-corrected chi connectivity index (χ4v) is 5.03. The Labute approximate surface area is 122 Å². The highest BCUT2D eigenvalue weighted by molar-refractivity contribution is 5.36. The summed E-state index contributed by atoms with van der Waals surface area (Å²) in [5.74, 6) is 0.689. The summed E-state index contributed by atoms with van der Waals surface area (Å²) in [7, 11) is 0. The molecule has 0 amide bonds. The first-order valence-corrected chi connectivity index (χ1v) is 8.31. The molecule has 0 saturated heterocycles. The smallest absolute Gasteiger partial charge is 0.0988 e. The third-order valence-corrected chi connectivity index (χ3v) is 6.16. The molecule has 0 heterocycles. The Bertz CT molecular complexity index is 448. The van der Waals surface area contributed by atoms with Gasteiger partial charge in [-0.15, -0.1) is 0 Å². The van der Waals surface area contributed by atoms with Crippen LogP contribution in [0.4, 0.5) is 0 Å². The van der Waals surface area contributed by atoms with Crippen molar-refractivity contribution in [2.75, 3.05) is 0 Å². The maximum atomic E-state index is 10.7. The van der Waals surface area contributed by atoms with Crippen molar-refractivity contribution in [1.29, 1.82) is 0 Å². The molecule has 3 fully saturated rings. The molecule has 3 saturated carbocycles. The van der Waals surface area contributed by atoms with E-state index < -0.39 is 12.2 Å². The fraction of sp³-hybridized carbons (Fsp3) is 0.778. The molecule has 4 unspecified atom stereocenters. The summed E-state index contributed by atoms with van der Waals surface area (Å²) in [6.07, 6.45) is 10.4. The van der Waals surface area contributed by atoms with Crippen molar-refractivity contribution in [3.63, 3.8) is 0 Å². The second-order valence-electron chi connectivity index (χ2n) is 7.25. The van der Waals surface area contributed by atoms with Crippen LogP contribution in [0.2, 0.25) is 0 Å². The van der Waals surface area contributed by atoms with Crippen LogP contribution in [0.3, 0.4) is 0 Å². The zero-order valence-corrected chi connectivity index (χ0v) is 12.9. The highest BCUT2D eigenvalue weighted by atomic mass is 16.3. The van der Waals surface area contributed by atoms with Crippen molar-refractivity contribution in [3.8, 4) is 0 Å². The first-order chi connectivity index (χ1) is 9.57. The van der Waals surface area contributed by atoms with E-state index in [1.54, 1.807) is 5.57 Å². The molecule has 20 heavy (non-hydrogen) atoms. The number of rotatable bonds is 0.